The molecule has 1 aliphatic heterocycles. The van der Waals surface area contributed by atoms with Gasteiger partial charge in [0, 0.05) is 31.3 Å². The van der Waals surface area contributed by atoms with E-state index in [2.05, 4.69) is 41.1 Å². The van der Waals surface area contributed by atoms with E-state index in [1.165, 1.54) is 15.9 Å². The summed E-state index contributed by atoms with van der Waals surface area (Å²) in [7, 11) is 1.70. The third kappa shape index (κ3) is 5.93. The third-order valence-corrected chi connectivity index (χ3v) is 7.24. The Bertz CT molecular complexity index is 1630. The van der Waals surface area contributed by atoms with Crippen LogP contribution >= 0.6 is 23.2 Å². The summed E-state index contributed by atoms with van der Waals surface area (Å²) >= 11 is 12.8. The Hall–Kier alpha value is -4.29. The Morgan fingerprint density at radius 1 is 1.07 bits per heavy atom. The van der Waals surface area contributed by atoms with Gasteiger partial charge < -0.3 is 20.9 Å². The number of benzene rings is 1. The number of carbonyl (C=O) groups excluding carboxylic acids is 2. The Labute approximate surface area is 246 Å². The van der Waals surface area contributed by atoms with Crippen molar-refractivity contribution in [2.75, 3.05) is 17.2 Å². The highest BCUT2D eigenvalue weighted by atomic mass is 35.5. The zero-order chi connectivity index (χ0) is 29.3. The standard InChI is InChI=1S/C27H28Cl2N10O2/c1-5-30-21-9-8-19(28)23(34-21)14(2)33-25(40)15(3)39-13-17-7-6-16(10-18(17)26(39)41)24-20(29)11-31-27(36-24)35-22-12-32-38(4)37-22/h6-12,14-15H,5,13H2,1-4H3,(H,30,34)(H,33,40)(H,31,35,36,37)/t14-,15-/m1/s1. The van der Waals surface area contributed by atoms with Gasteiger partial charge in [0.2, 0.25) is 11.9 Å². The van der Waals surface area contributed by atoms with E-state index in [4.69, 9.17) is 23.2 Å². The first-order chi connectivity index (χ1) is 19.6. The van der Waals surface area contributed by atoms with Crippen molar-refractivity contribution in [2.24, 2.45) is 7.05 Å². The molecule has 0 bridgehead atoms. The average molecular weight is 595 g/mol. The van der Waals surface area contributed by atoms with E-state index >= 15 is 0 Å². The van der Waals surface area contributed by atoms with E-state index in [1.54, 1.807) is 45.3 Å². The molecule has 0 radical (unpaired) electrons. The van der Waals surface area contributed by atoms with Crippen molar-refractivity contribution in [3.8, 4) is 11.3 Å². The Kier molecular flexibility index (Phi) is 8.04. The van der Waals surface area contributed by atoms with Gasteiger partial charge in [-0.25, -0.2) is 15.0 Å². The monoisotopic (exact) mass is 594 g/mol. The molecule has 1 aromatic carbocycles. The molecule has 3 N–H and O–H groups in total. The van der Waals surface area contributed by atoms with E-state index in [9.17, 15) is 9.59 Å². The Morgan fingerprint density at radius 2 is 1.88 bits per heavy atom. The average Bonchev–Trinajstić information content (AvgIpc) is 3.52. The molecule has 212 valence electrons. The Morgan fingerprint density at radius 3 is 2.61 bits per heavy atom. The topological polar surface area (TPSA) is 143 Å². The fraction of sp³-hybridized carbons (Fsp3) is 0.296. The van der Waals surface area contributed by atoms with Crippen LogP contribution in [0.25, 0.3) is 11.3 Å². The number of halogens is 2. The molecule has 14 heteroatoms. The largest absolute Gasteiger partial charge is 0.370 e. The van der Waals surface area contributed by atoms with Crippen LogP contribution in [0.4, 0.5) is 17.6 Å². The van der Waals surface area contributed by atoms with Gasteiger partial charge >= 0.3 is 0 Å². The van der Waals surface area contributed by atoms with Crippen molar-refractivity contribution < 1.29 is 9.59 Å². The summed E-state index contributed by atoms with van der Waals surface area (Å²) < 4.78 is 0. The summed E-state index contributed by atoms with van der Waals surface area (Å²) in [6.45, 7) is 6.47. The van der Waals surface area contributed by atoms with Crippen LogP contribution in [0, 0.1) is 0 Å². The molecule has 41 heavy (non-hydrogen) atoms. The number of amides is 2. The Balaban J connectivity index is 1.31. The number of aromatic nitrogens is 6. The molecule has 2 atom stereocenters. The minimum atomic E-state index is -0.734. The quantitative estimate of drug-likeness (QED) is 0.257. The van der Waals surface area contributed by atoms with Crippen LogP contribution < -0.4 is 16.0 Å². The number of pyridine rings is 1. The van der Waals surface area contributed by atoms with Crippen LogP contribution in [-0.2, 0) is 18.4 Å². The molecule has 0 aliphatic carbocycles. The summed E-state index contributed by atoms with van der Waals surface area (Å²) in [6, 6.07) is 7.75. The lowest BCUT2D eigenvalue weighted by Gasteiger charge is -2.25. The zero-order valence-corrected chi connectivity index (χ0v) is 24.3. The zero-order valence-electron chi connectivity index (χ0n) is 22.8. The smallest absolute Gasteiger partial charge is 0.255 e. The minimum absolute atomic E-state index is 0.259. The maximum absolute atomic E-state index is 13.5. The van der Waals surface area contributed by atoms with E-state index in [0.717, 1.165) is 5.56 Å². The molecule has 5 rings (SSSR count). The van der Waals surface area contributed by atoms with Gasteiger partial charge in [-0.2, -0.15) is 9.90 Å². The van der Waals surface area contributed by atoms with Crippen LogP contribution in [0.2, 0.25) is 10.0 Å². The van der Waals surface area contributed by atoms with Crippen molar-refractivity contribution in [3.63, 3.8) is 0 Å². The van der Waals surface area contributed by atoms with E-state index in [1.807, 2.05) is 19.1 Å². The highest BCUT2D eigenvalue weighted by molar-refractivity contribution is 6.33. The van der Waals surface area contributed by atoms with Gasteiger partial charge in [0.15, 0.2) is 5.82 Å². The van der Waals surface area contributed by atoms with Crippen molar-refractivity contribution in [3.05, 3.63) is 69.6 Å². The van der Waals surface area contributed by atoms with Gasteiger partial charge in [-0.3, -0.25) is 9.59 Å². The van der Waals surface area contributed by atoms with Crippen molar-refractivity contribution in [1.29, 1.82) is 0 Å². The normalized spacial score (nSPS) is 14.0. The maximum atomic E-state index is 13.5. The lowest BCUT2D eigenvalue weighted by Crippen LogP contribution is -2.46. The SMILES string of the molecule is CCNc1ccc(Cl)c([C@@H](C)NC(=O)[C@@H](C)N2Cc3ccc(-c4nc(Nc5cnn(C)n5)ncc4Cl)cc3C2=O)n1. The molecule has 3 aromatic heterocycles. The summed E-state index contributed by atoms with van der Waals surface area (Å²) in [5.41, 5.74) is 2.92. The fourth-order valence-electron chi connectivity index (χ4n) is 4.52. The summed E-state index contributed by atoms with van der Waals surface area (Å²) in [5, 5.41) is 18.0. The lowest BCUT2D eigenvalue weighted by molar-refractivity contribution is -0.125. The predicted octanol–water partition coefficient (Wildman–Crippen LogP) is 4.37. The molecule has 0 saturated carbocycles. The first-order valence-corrected chi connectivity index (χ1v) is 13.7. The number of hydrogen-bond acceptors (Lipinski definition) is 9. The number of nitrogens with zero attached hydrogens (tertiary/aromatic N) is 7. The third-order valence-electron chi connectivity index (χ3n) is 6.65. The van der Waals surface area contributed by atoms with Crippen molar-refractivity contribution in [1.82, 2.24) is 40.2 Å². The second-order valence-electron chi connectivity index (χ2n) is 9.54. The van der Waals surface area contributed by atoms with Crippen LogP contribution in [-0.4, -0.2) is 59.2 Å². The highest BCUT2D eigenvalue weighted by Crippen LogP contribution is 2.33. The number of fused-ring (bicyclic) bond motifs is 1. The number of anilines is 3. The summed E-state index contributed by atoms with van der Waals surface area (Å²) in [4.78, 5) is 42.9. The molecule has 4 heterocycles. The minimum Gasteiger partial charge on any atom is -0.370 e. The van der Waals surface area contributed by atoms with Crippen molar-refractivity contribution in [2.45, 2.75) is 39.4 Å². The fourth-order valence-corrected chi connectivity index (χ4v) is 4.99. The van der Waals surface area contributed by atoms with E-state index < -0.39 is 12.1 Å². The van der Waals surface area contributed by atoms with Gasteiger partial charge in [-0.1, -0.05) is 35.3 Å². The van der Waals surface area contributed by atoms with E-state index in [0.29, 0.717) is 57.3 Å². The number of carbonyl (C=O) groups is 2. The second-order valence-corrected chi connectivity index (χ2v) is 10.4. The first-order valence-electron chi connectivity index (χ1n) is 13.0. The molecule has 2 amide bonds. The van der Waals surface area contributed by atoms with Gasteiger partial charge in [-0.15, -0.1) is 5.10 Å². The van der Waals surface area contributed by atoms with Gasteiger partial charge in [0.05, 0.1) is 39.9 Å². The number of hydrogen-bond donors (Lipinski definition) is 3. The van der Waals surface area contributed by atoms with Crippen LogP contribution in [0.3, 0.4) is 0 Å². The lowest BCUT2D eigenvalue weighted by atomic mass is 10.0. The second kappa shape index (κ2) is 11.7. The molecule has 1 aliphatic rings. The highest BCUT2D eigenvalue weighted by Gasteiger charge is 2.35. The van der Waals surface area contributed by atoms with Gasteiger partial charge in [-0.05, 0) is 44.5 Å². The van der Waals surface area contributed by atoms with Crippen molar-refractivity contribution >= 4 is 52.6 Å². The summed E-state index contributed by atoms with van der Waals surface area (Å²) in [5.74, 6) is 0.853. The van der Waals surface area contributed by atoms with E-state index in [-0.39, 0.29) is 17.8 Å². The molecule has 12 nitrogen and oxygen atoms in total. The predicted molar refractivity (Wildman–Crippen MR) is 156 cm³/mol. The molecule has 0 unspecified atom stereocenters. The molecule has 0 fully saturated rings. The summed E-state index contributed by atoms with van der Waals surface area (Å²) in [6.07, 6.45) is 3.02. The van der Waals surface area contributed by atoms with Gasteiger partial charge in [0.25, 0.3) is 5.91 Å². The molecular formula is C27H28Cl2N10O2. The van der Waals surface area contributed by atoms with Crippen LogP contribution in [0.15, 0.2) is 42.7 Å². The number of aryl methyl sites for hydroxylation is 1. The van der Waals surface area contributed by atoms with Gasteiger partial charge in [0.1, 0.15) is 11.9 Å². The van der Waals surface area contributed by atoms with Crippen LogP contribution in [0.1, 0.15) is 48.4 Å². The first kappa shape index (κ1) is 28.2. The number of rotatable bonds is 9. The maximum Gasteiger partial charge on any atom is 0.255 e. The molecular weight excluding hydrogens is 567 g/mol. The molecule has 0 spiro atoms. The molecule has 0 saturated heterocycles. The number of nitrogens with one attached hydrogen (secondary N) is 3. The molecule has 4 aromatic rings. The van der Waals surface area contributed by atoms with Crippen LogP contribution in [0.5, 0.6) is 0 Å².